The van der Waals surface area contributed by atoms with E-state index in [1.807, 2.05) is 31.2 Å². The molecule has 6 heteroatoms. The number of benzene rings is 2. The molecular formula is C15H15BrClNO2S. The Kier molecular flexibility index (Phi) is 5.43. The summed E-state index contributed by atoms with van der Waals surface area (Å²) in [6, 6.07) is 12.7. The summed E-state index contributed by atoms with van der Waals surface area (Å²) in [5.74, 6) is 0. The van der Waals surface area contributed by atoms with Crippen LogP contribution in [-0.2, 0) is 16.4 Å². The highest BCUT2D eigenvalue weighted by Gasteiger charge is 2.17. The maximum absolute atomic E-state index is 12.2. The molecule has 0 aliphatic heterocycles. The number of hydrogen-bond donors (Lipinski definition) is 1. The molecule has 112 valence electrons. The van der Waals surface area contributed by atoms with Crippen molar-refractivity contribution in [2.45, 2.75) is 18.2 Å². The smallest absolute Gasteiger partial charge is 0.211 e. The zero-order valence-electron chi connectivity index (χ0n) is 11.4. The van der Waals surface area contributed by atoms with Gasteiger partial charge in [0.2, 0.25) is 10.0 Å². The van der Waals surface area contributed by atoms with Crippen LogP contribution in [0.5, 0.6) is 0 Å². The maximum Gasteiger partial charge on any atom is 0.242 e. The largest absolute Gasteiger partial charge is 0.242 e. The van der Waals surface area contributed by atoms with Gasteiger partial charge in [-0.05, 0) is 37.1 Å². The normalized spacial score (nSPS) is 11.6. The fraction of sp³-hybridized carbons (Fsp3) is 0.200. The second kappa shape index (κ2) is 6.92. The molecule has 0 heterocycles. The van der Waals surface area contributed by atoms with Gasteiger partial charge in [0.05, 0.1) is 5.02 Å². The maximum atomic E-state index is 12.2. The number of aryl methyl sites for hydroxylation is 1. The van der Waals surface area contributed by atoms with E-state index in [2.05, 4.69) is 20.7 Å². The zero-order valence-corrected chi connectivity index (χ0v) is 14.6. The molecule has 1 N–H and O–H groups in total. The molecule has 0 saturated heterocycles. The molecule has 3 nitrogen and oxygen atoms in total. The first-order chi connectivity index (χ1) is 9.88. The lowest BCUT2D eigenvalue weighted by Gasteiger charge is -2.09. The highest BCUT2D eigenvalue weighted by atomic mass is 79.9. The summed E-state index contributed by atoms with van der Waals surface area (Å²) < 4.78 is 27.7. The zero-order chi connectivity index (χ0) is 15.5. The third-order valence-electron chi connectivity index (χ3n) is 2.97. The average molecular weight is 389 g/mol. The highest BCUT2D eigenvalue weighted by molar-refractivity contribution is 9.10. The van der Waals surface area contributed by atoms with Gasteiger partial charge < -0.3 is 0 Å². The Bertz CT molecular complexity index is 747. The van der Waals surface area contributed by atoms with Crippen molar-refractivity contribution >= 4 is 37.6 Å². The standard InChI is InChI=1S/C15H15BrClNO2S/c1-11-3-2-4-12(9-11)7-8-18-21(19,20)15-6-5-13(16)10-14(15)17/h2-6,9-10,18H,7-8H2,1H3. The number of rotatable bonds is 5. The molecule has 0 radical (unpaired) electrons. The van der Waals surface area contributed by atoms with E-state index in [1.54, 1.807) is 12.1 Å². The SMILES string of the molecule is Cc1cccc(CCNS(=O)(=O)c2ccc(Br)cc2Cl)c1. The molecule has 0 spiro atoms. The molecule has 21 heavy (non-hydrogen) atoms. The van der Waals surface area contributed by atoms with Crippen LogP contribution in [0.1, 0.15) is 11.1 Å². The summed E-state index contributed by atoms with van der Waals surface area (Å²) in [4.78, 5) is 0.0941. The van der Waals surface area contributed by atoms with Gasteiger partial charge in [0.25, 0.3) is 0 Å². The van der Waals surface area contributed by atoms with Crippen LogP contribution in [0.4, 0.5) is 0 Å². The van der Waals surface area contributed by atoms with Crippen LogP contribution in [-0.4, -0.2) is 15.0 Å². The molecule has 0 saturated carbocycles. The van der Waals surface area contributed by atoms with Crippen LogP contribution in [0.15, 0.2) is 51.8 Å². The van der Waals surface area contributed by atoms with Crippen LogP contribution in [0, 0.1) is 6.92 Å². The topological polar surface area (TPSA) is 46.2 Å². The lowest BCUT2D eigenvalue weighted by Crippen LogP contribution is -2.26. The van der Waals surface area contributed by atoms with Gasteiger partial charge in [0.1, 0.15) is 4.90 Å². The molecular weight excluding hydrogens is 374 g/mol. The van der Waals surface area contributed by atoms with Crippen molar-refractivity contribution in [3.8, 4) is 0 Å². The number of halogens is 2. The lowest BCUT2D eigenvalue weighted by molar-refractivity contribution is 0.581. The van der Waals surface area contributed by atoms with Gasteiger partial charge in [-0.3, -0.25) is 0 Å². The summed E-state index contributed by atoms with van der Waals surface area (Å²) >= 11 is 9.23. The van der Waals surface area contributed by atoms with Crippen molar-refractivity contribution in [1.29, 1.82) is 0 Å². The molecule has 0 bridgehead atoms. The molecule has 2 aromatic carbocycles. The Morgan fingerprint density at radius 1 is 1.19 bits per heavy atom. The minimum absolute atomic E-state index is 0.0941. The van der Waals surface area contributed by atoms with Crippen molar-refractivity contribution in [2.75, 3.05) is 6.54 Å². The van der Waals surface area contributed by atoms with E-state index in [-0.39, 0.29) is 9.92 Å². The predicted molar refractivity (Wildman–Crippen MR) is 89.2 cm³/mol. The molecule has 0 amide bonds. The van der Waals surface area contributed by atoms with Gasteiger partial charge in [-0.15, -0.1) is 0 Å². The lowest BCUT2D eigenvalue weighted by atomic mass is 10.1. The Morgan fingerprint density at radius 3 is 2.62 bits per heavy atom. The first kappa shape index (κ1) is 16.5. The van der Waals surface area contributed by atoms with Crippen molar-refractivity contribution in [1.82, 2.24) is 4.72 Å². The summed E-state index contributed by atoms with van der Waals surface area (Å²) in [6.07, 6.45) is 0.634. The summed E-state index contributed by atoms with van der Waals surface area (Å²) in [6.45, 7) is 2.34. The summed E-state index contributed by atoms with van der Waals surface area (Å²) in [5.41, 5.74) is 2.26. The molecule has 2 aromatic rings. The van der Waals surface area contributed by atoms with Crippen LogP contribution < -0.4 is 4.72 Å². The van der Waals surface area contributed by atoms with Crippen molar-refractivity contribution in [2.24, 2.45) is 0 Å². The van der Waals surface area contributed by atoms with E-state index in [1.165, 1.54) is 6.07 Å². The molecule has 0 atom stereocenters. The molecule has 0 aliphatic carbocycles. The Morgan fingerprint density at radius 2 is 1.95 bits per heavy atom. The van der Waals surface area contributed by atoms with Crippen LogP contribution in [0.25, 0.3) is 0 Å². The third kappa shape index (κ3) is 4.54. The average Bonchev–Trinajstić information content (AvgIpc) is 2.38. The second-order valence-electron chi connectivity index (χ2n) is 4.71. The highest BCUT2D eigenvalue weighted by Crippen LogP contribution is 2.24. The summed E-state index contributed by atoms with van der Waals surface area (Å²) in [7, 11) is -3.59. The number of sulfonamides is 1. The molecule has 0 aliphatic rings. The number of hydrogen-bond acceptors (Lipinski definition) is 2. The minimum atomic E-state index is -3.59. The molecule has 0 fully saturated rings. The van der Waals surface area contributed by atoms with Gasteiger partial charge >= 0.3 is 0 Å². The van der Waals surface area contributed by atoms with Crippen LogP contribution >= 0.6 is 27.5 Å². The van der Waals surface area contributed by atoms with Crippen molar-refractivity contribution in [3.05, 3.63) is 63.1 Å². The van der Waals surface area contributed by atoms with Crippen LogP contribution in [0.2, 0.25) is 5.02 Å². The van der Waals surface area contributed by atoms with E-state index in [9.17, 15) is 8.42 Å². The van der Waals surface area contributed by atoms with Gasteiger partial charge in [-0.2, -0.15) is 0 Å². The van der Waals surface area contributed by atoms with E-state index in [0.717, 1.165) is 15.6 Å². The van der Waals surface area contributed by atoms with Gasteiger partial charge in [0, 0.05) is 11.0 Å². The Hall–Kier alpha value is -0.880. The first-order valence-electron chi connectivity index (χ1n) is 6.39. The number of nitrogens with one attached hydrogen (secondary N) is 1. The monoisotopic (exact) mass is 387 g/mol. The van der Waals surface area contributed by atoms with Gasteiger partial charge in [0.15, 0.2) is 0 Å². The predicted octanol–water partition coefficient (Wildman–Crippen LogP) is 3.93. The fourth-order valence-electron chi connectivity index (χ4n) is 1.97. The minimum Gasteiger partial charge on any atom is -0.211 e. The third-order valence-corrected chi connectivity index (χ3v) is 5.41. The quantitative estimate of drug-likeness (QED) is 0.843. The molecule has 2 rings (SSSR count). The molecule has 0 unspecified atom stereocenters. The van der Waals surface area contributed by atoms with Crippen molar-refractivity contribution in [3.63, 3.8) is 0 Å². The van der Waals surface area contributed by atoms with Crippen LogP contribution in [0.3, 0.4) is 0 Å². The van der Waals surface area contributed by atoms with E-state index >= 15 is 0 Å². The first-order valence-corrected chi connectivity index (χ1v) is 9.04. The van der Waals surface area contributed by atoms with Crippen molar-refractivity contribution < 1.29 is 8.42 Å². The Balaban J connectivity index is 2.05. The second-order valence-corrected chi connectivity index (χ2v) is 7.77. The molecule has 0 aromatic heterocycles. The fourth-order valence-corrected chi connectivity index (χ4v) is 4.04. The van der Waals surface area contributed by atoms with E-state index < -0.39 is 10.0 Å². The van der Waals surface area contributed by atoms with E-state index in [0.29, 0.717) is 13.0 Å². The van der Waals surface area contributed by atoms with E-state index in [4.69, 9.17) is 11.6 Å². The van der Waals surface area contributed by atoms with Gasteiger partial charge in [-0.25, -0.2) is 13.1 Å². The summed E-state index contributed by atoms with van der Waals surface area (Å²) in [5, 5.41) is 0.201. The Labute approximate surface area is 138 Å². The van der Waals surface area contributed by atoms with Gasteiger partial charge in [-0.1, -0.05) is 57.4 Å².